The van der Waals surface area contributed by atoms with E-state index in [9.17, 15) is 9.90 Å². The summed E-state index contributed by atoms with van der Waals surface area (Å²) in [6, 6.07) is 7.16. The molecule has 0 aliphatic heterocycles. The minimum Gasteiger partial charge on any atom is -0.483 e. The van der Waals surface area contributed by atoms with Gasteiger partial charge in [-0.1, -0.05) is 25.1 Å². The second-order valence-electron chi connectivity index (χ2n) is 3.85. The monoisotopic (exact) mass is 237 g/mol. The summed E-state index contributed by atoms with van der Waals surface area (Å²) in [5.74, 6) is 0.404. The first-order chi connectivity index (χ1) is 8.15. The van der Waals surface area contributed by atoms with Crippen molar-refractivity contribution in [2.75, 3.05) is 13.2 Å². The summed E-state index contributed by atoms with van der Waals surface area (Å²) in [4.78, 5) is 11.4. The van der Waals surface area contributed by atoms with Crippen LogP contribution in [0.5, 0.6) is 5.75 Å². The van der Waals surface area contributed by atoms with E-state index in [-0.39, 0.29) is 12.5 Å². The van der Waals surface area contributed by atoms with Crippen molar-refractivity contribution in [1.82, 2.24) is 5.32 Å². The Morgan fingerprint density at radius 1 is 1.47 bits per heavy atom. The fraction of sp³-hybridized carbons (Fsp3) is 0.462. The average molecular weight is 237 g/mol. The van der Waals surface area contributed by atoms with Gasteiger partial charge in [0.2, 0.25) is 0 Å². The number of hydrogen-bond donors (Lipinski definition) is 2. The Morgan fingerprint density at radius 3 is 2.82 bits per heavy atom. The molecule has 1 unspecified atom stereocenters. The molecule has 1 amide bonds. The number of aliphatic hydroxyl groups excluding tert-OH is 1. The summed E-state index contributed by atoms with van der Waals surface area (Å²) < 4.78 is 5.39. The lowest BCUT2D eigenvalue weighted by atomic mass is 10.1. The van der Waals surface area contributed by atoms with Gasteiger partial charge in [-0.2, -0.15) is 0 Å². The van der Waals surface area contributed by atoms with Crippen LogP contribution in [0.1, 0.15) is 31.9 Å². The molecule has 94 valence electrons. The number of benzene rings is 1. The normalized spacial score (nSPS) is 11.9. The van der Waals surface area contributed by atoms with Crippen LogP contribution in [-0.4, -0.2) is 24.2 Å². The Kier molecular flexibility index (Phi) is 5.49. The summed E-state index contributed by atoms with van der Waals surface area (Å²) >= 11 is 0. The van der Waals surface area contributed by atoms with Crippen molar-refractivity contribution < 1.29 is 14.6 Å². The maximum absolute atomic E-state index is 11.4. The highest BCUT2D eigenvalue weighted by Gasteiger charge is 2.09. The van der Waals surface area contributed by atoms with E-state index in [1.807, 2.05) is 19.1 Å². The van der Waals surface area contributed by atoms with Crippen LogP contribution in [-0.2, 0) is 4.79 Å². The Balaban J connectivity index is 2.54. The van der Waals surface area contributed by atoms with E-state index in [1.165, 1.54) is 0 Å². The van der Waals surface area contributed by atoms with Gasteiger partial charge in [-0.05, 0) is 19.4 Å². The number of rotatable bonds is 6. The van der Waals surface area contributed by atoms with Gasteiger partial charge < -0.3 is 15.2 Å². The van der Waals surface area contributed by atoms with Crippen LogP contribution in [0.25, 0.3) is 0 Å². The summed E-state index contributed by atoms with van der Waals surface area (Å²) in [5.41, 5.74) is 0.691. The predicted octanol–water partition coefficient (Wildman–Crippen LogP) is 1.64. The van der Waals surface area contributed by atoms with Crippen molar-refractivity contribution in [2.24, 2.45) is 0 Å². The molecule has 0 aromatic heterocycles. The zero-order valence-corrected chi connectivity index (χ0v) is 10.3. The second kappa shape index (κ2) is 6.91. The number of nitrogens with one attached hydrogen (secondary N) is 1. The van der Waals surface area contributed by atoms with Crippen LogP contribution in [0, 0.1) is 0 Å². The smallest absolute Gasteiger partial charge is 0.257 e. The van der Waals surface area contributed by atoms with E-state index >= 15 is 0 Å². The fourth-order valence-electron chi connectivity index (χ4n) is 1.42. The molecule has 0 bridgehead atoms. The van der Waals surface area contributed by atoms with Crippen molar-refractivity contribution in [1.29, 1.82) is 0 Å². The molecule has 0 aliphatic carbocycles. The Hall–Kier alpha value is -1.55. The summed E-state index contributed by atoms with van der Waals surface area (Å²) in [7, 11) is 0. The largest absolute Gasteiger partial charge is 0.483 e. The van der Waals surface area contributed by atoms with Gasteiger partial charge in [0.25, 0.3) is 5.91 Å². The molecule has 0 heterocycles. The summed E-state index contributed by atoms with van der Waals surface area (Å²) in [5, 5.41) is 12.3. The highest BCUT2D eigenvalue weighted by atomic mass is 16.5. The van der Waals surface area contributed by atoms with Crippen molar-refractivity contribution in [3.05, 3.63) is 29.8 Å². The van der Waals surface area contributed by atoms with Gasteiger partial charge in [0.05, 0.1) is 6.10 Å². The number of aliphatic hydroxyl groups is 1. The van der Waals surface area contributed by atoms with Crippen LogP contribution < -0.4 is 10.1 Å². The molecule has 4 nitrogen and oxygen atoms in total. The van der Waals surface area contributed by atoms with Crippen LogP contribution in [0.15, 0.2) is 24.3 Å². The number of amides is 1. The maximum atomic E-state index is 11.4. The topological polar surface area (TPSA) is 58.6 Å². The minimum atomic E-state index is -0.607. The van der Waals surface area contributed by atoms with E-state index < -0.39 is 6.10 Å². The van der Waals surface area contributed by atoms with Gasteiger partial charge >= 0.3 is 0 Å². The Bertz CT molecular complexity index is 363. The predicted molar refractivity (Wildman–Crippen MR) is 65.9 cm³/mol. The van der Waals surface area contributed by atoms with Crippen LogP contribution >= 0.6 is 0 Å². The molecule has 0 aliphatic rings. The SMILES string of the molecule is CCCNC(=O)COc1ccccc1C(C)O. The van der Waals surface area contributed by atoms with E-state index in [4.69, 9.17) is 4.74 Å². The summed E-state index contributed by atoms with van der Waals surface area (Å²) in [6.07, 6.45) is 0.292. The highest BCUT2D eigenvalue weighted by molar-refractivity contribution is 5.77. The first-order valence-electron chi connectivity index (χ1n) is 5.81. The minimum absolute atomic E-state index is 0.0241. The zero-order valence-electron chi connectivity index (χ0n) is 10.3. The lowest BCUT2D eigenvalue weighted by molar-refractivity contribution is -0.123. The standard InChI is InChI=1S/C13H19NO3/c1-3-8-14-13(16)9-17-12-7-5-4-6-11(12)10(2)15/h4-7,10,15H,3,8-9H2,1-2H3,(H,14,16). The van der Waals surface area contributed by atoms with E-state index in [1.54, 1.807) is 19.1 Å². The number of carbonyl (C=O) groups excluding carboxylic acids is 1. The Morgan fingerprint density at radius 2 is 2.18 bits per heavy atom. The van der Waals surface area contributed by atoms with Gasteiger partial charge in [-0.25, -0.2) is 0 Å². The Labute approximate surface area is 102 Å². The van der Waals surface area contributed by atoms with Crippen molar-refractivity contribution >= 4 is 5.91 Å². The fourth-order valence-corrected chi connectivity index (χ4v) is 1.42. The molecule has 0 saturated carbocycles. The number of hydrogen-bond acceptors (Lipinski definition) is 3. The molecule has 0 fully saturated rings. The van der Waals surface area contributed by atoms with Crippen LogP contribution in [0.4, 0.5) is 0 Å². The van der Waals surface area contributed by atoms with Gasteiger partial charge in [-0.15, -0.1) is 0 Å². The van der Waals surface area contributed by atoms with Crippen molar-refractivity contribution in [3.8, 4) is 5.75 Å². The first kappa shape index (κ1) is 13.5. The molecular formula is C13H19NO3. The van der Waals surface area contributed by atoms with Gasteiger partial charge in [0.1, 0.15) is 5.75 Å². The number of carbonyl (C=O) groups is 1. The first-order valence-corrected chi connectivity index (χ1v) is 5.81. The molecule has 4 heteroatoms. The average Bonchev–Trinajstić information content (AvgIpc) is 2.34. The number of para-hydroxylation sites is 1. The lowest BCUT2D eigenvalue weighted by Gasteiger charge is -2.12. The van der Waals surface area contributed by atoms with Gasteiger partial charge in [0, 0.05) is 12.1 Å². The van der Waals surface area contributed by atoms with E-state index in [0.717, 1.165) is 6.42 Å². The van der Waals surface area contributed by atoms with Gasteiger partial charge in [0.15, 0.2) is 6.61 Å². The molecule has 0 saturated heterocycles. The third-order valence-corrected chi connectivity index (χ3v) is 2.30. The third-order valence-electron chi connectivity index (χ3n) is 2.30. The molecule has 1 rings (SSSR count). The van der Waals surface area contributed by atoms with Crippen molar-refractivity contribution in [3.63, 3.8) is 0 Å². The zero-order chi connectivity index (χ0) is 12.7. The van der Waals surface area contributed by atoms with Gasteiger partial charge in [-0.3, -0.25) is 4.79 Å². The van der Waals surface area contributed by atoms with Crippen molar-refractivity contribution in [2.45, 2.75) is 26.4 Å². The molecule has 1 atom stereocenters. The molecule has 2 N–H and O–H groups in total. The number of ether oxygens (including phenoxy) is 1. The molecule has 1 aromatic rings. The van der Waals surface area contributed by atoms with E-state index in [0.29, 0.717) is 17.9 Å². The molecule has 1 aromatic carbocycles. The van der Waals surface area contributed by atoms with Crippen LogP contribution in [0.2, 0.25) is 0 Å². The molecule has 17 heavy (non-hydrogen) atoms. The van der Waals surface area contributed by atoms with E-state index in [2.05, 4.69) is 5.32 Å². The third kappa shape index (κ3) is 4.44. The molecule has 0 radical (unpaired) electrons. The van der Waals surface area contributed by atoms with Crippen LogP contribution in [0.3, 0.4) is 0 Å². The second-order valence-corrected chi connectivity index (χ2v) is 3.85. The maximum Gasteiger partial charge on any atom is 0.257 e. The lowest BCUT2D eigenvalue weighted by Crippen LogP contribution is -2.29. The summed E-state index contributed by atoms with van der Waals surface area (Å²) in [6.45, 7) is 4.28. The quantitative estimate of drug-likeness (QED) is 0.791. The highest BCUT2D eigenvalue weighted by Crippen LogP contribution is 2.24. The molecular weight excluding hydrogens is 218 g/mol. The molecule has 0 spiro atoms.